The van der Waals surface area contributed by atoms with Gasteiger partial charge in [-0.1, -0.05) is 13.8 Å². The van der Waals surface area contributed by atoms with Crippen molar-refractivity contribution in [3.05, 3.63) is 0 Å². The van der Waals surface area contributed by atoms with E-state index in [1.165, 1.54) is 0 Å². The van der Waals surface area contributed by atoms with E-state index in [2.05, 4.69) is 13.8 Å². The Labute approximate surface area is 86.4 Å². The lowest BCUT2D eigenvalue weighted by atomic mass is 10.2. The van der Waals surface area contributed by atoms with E-state index >= 15 is 0 Å². The minimum absolute atomic E-state index is 0.227. The third-order valence-corrected chi connectivity index (χ3v) is 1.74. The van der Waals surface area contributed by atoms with E-state index in [1.807, 2.05) is 6.92 Å². The molecule has 14 heavy (non-hydrogen) atoms. The summed E-state index contributed by atoms with van der Waals surface area (Å²) in [5, 5.41) is 0. The standard InChI is InChI=1S/C10H22N2O2/c1-4-14-10(13)12(7-5-6-11)8-9(2)3/h9H,4-8,11H2,1-3H3. The molecule has 0 fully saturated rings. The van der Waals surface area contributed by atoms with Gasteiger partial charge in [0.05, 0.1) is 6.61 Å². The van der Waals surface area contributed by atoms with Crippen molar-refractivity contribution >= 4 is 6.09 Å². The van der Waals surface area contributed by atoms with Crippen LogP contribution < -0.4 is 5.73 Å². The van der Waals surface area contributed by atoms with E-state index < -0.39 is 0 Å². The maximum absolute atomic E-state index is 11.4. The van der Waals surface area contributed by atoms with Gasteiger partial charge in [-0.15, -0.1) is 0 Å². The molecule has 0 spiro atoms. The maximum atomic E-state index is 11.4. The van der Waals surface area contributed by atoms with Crippen LogP contribution in [0.25, 0.3) is 0 Å². The normalized spacial score (nSPS) is 10.4. The van der Waals surface area contributed by atoms with Gasteiger partial charge in [0.2, 0.25) is 0 Å². The molecule has 84 valence electrons. The second-order valence-electron chi connectivity index (χ2n) is 3.68. The van der Waals surface area contributed by atoms with Crippen molar-refractivity contribution < 1.29 is 9.53 Å². The smallest absolute Gasteiger partial charge is 0.409 e. The van der Waals surface area contributed by atoms with Gasteiger partial charge < -0.3 is 15.4 Å². The van der Waals surface area contributed by atoms with Gasteiger partial charge in [-0.25, -0.2) is 4.79 Å². The van der Waals surface area contributed by atoms with E-state index in [0.29, 0.717) is 25.6 Å². The van der Waals surface area contributed by atoms with Gasteiger partial charge >= 0.3 is 6.09 Å². The minimum atomic E-state index is -0.227. The number of hydrogen-bond acceptors (Lipinski definition) is 3. The highest BCUT2D eigenvalue weighted by Crippen LogP contribution is 2.02. The van der Waals surface area contributed by atoms with E-state index in [1.54, 1.807) is 4.90 Å². The van der Waals surface area contributed by atoms with Crippen LogP contribution in [0.3, 0.4) is 0 Å². The monoisotopic (exact) mass is 202 g/mol. The van der Waals surface area contributed by atoms with Crippen LogP contribution in [-0.4, -0.2) is 37.2 Å². The van der Waals surface area contributed by atoms with Crippen molar-refractivity contribution in [3.8, 4) is 0 Å². The predicted octanol–water partition coefficient (Wildman–Crippen LogP) is 1.45. The molecule has 0 aromatic carbocycles. The number of nitrogens with two attached hydrogens (primary N) is 1. The highest BCUT2D eigenvalue weighted by atomic mass is 16.6. The molecule has 1 amide bonds. The number of carbonyl (C=O) groups excluding carboxylic acids is 1. The molecule has 0 aromatic rings. The van der Waals surface area contributed by atoms with E-state index in [9.17, 15) is 4.79 Å². The van der Waals surface area contributed by atoms with Crippen LogP contribution in [0.5, 0.6) is 0 Å². The fourth-order valence-corrected chi connectivity index (χ4v) is 1.19. The molecule has 0 aliphatic rings. The summed E-state index contributed by atoms with van der Waals surface area (Å²) in [7, 11) is 0. The molecule has 0 unspecified atom stereocenters. The quantitative estimate of drug-likeness (QED) is 0.709. The Hall–Kier alpha value is -0.770. The fourth-order valence-electron chi connectivity index (χ4n) is 1.19. The van der Waals surface area contributed by atoms with Crippen LogP contribution in [0.4, 0.5) is 4.79 Å². The molecule has 0 atom stereocenters. The molecule has 0 saturated carbocycles. The third-order valence-electron chi connectivity index (χ3n) is 1.74. The van der Waals surface area contributed by atoms with Crippen molar-refractivity contribution in [1.82, 2.24) is 4.90 Å². The Balaban J connectivity index is 4.01. The molecule has 0 bridgehead atoms. The zero-order chi connectivity index (χ0) is 11.0. The molecule has 0 aromatic heterocycles. The second kappa shape index (κ2) is 7.62. The average Bonchev–Trinajstić information content (AvgIpc) is 2.12. The maximum Gasteiger partial charge on any atom is 0.409 e. The molecular formula is C10H22N2O2. The summed E-state index contributed by atoms with van der Waals surface area (Å²) < 4.78 is 4.95. The van der Waals surface area contributed by atoms with Crippen molar-refractivity contribution in [2.75, 3.05) is 26.2 Å². The Morgan fingerprint density at radius 2 is 2.14 bits per heavy atom. The SMILES string of the molecule is CCOC(=O)N(CCCN)CC(C)C. The molecule has 0 radical (unpaired) electrons. The van der Waals surface area contributed by atoms with Crippen molar-refractivity contribution in [2.45, 2.75) is 27.2 Å². The molecular weight excluding hydrogens is 180 g/mol. The van der Waals surface area contributed by atoms with Gasteiger partial charge in [0.15, 0.2) is 0 Å². The van der Waals surface area contributed by atoms with Gasteiger partial charge in [-0.05, 0) is 25.8 Å². The Morgan fingerprint density at radius 3 is 2.57 bits per heavy atom. The summed E-state index contributed by atoms with van der Waals surface area (Å²) in [6.45, 7) is 8.42. The summed E-state index contributed by atoms with van der Waals surface area (Å²) >= 11 is 0. The first kappa shape index (κ1) is 13.2. The number of carbonyl (C=O) groups is 1. The van der Waals surface area contributed by atoms with E-state index in [4.69, 9.17) is 10.5 Å². The highest BCUT2D eigenvalue weighted by Gasteiger charge is 2.14. The molecule has 4 nitrogen and oxygen atoms in total. The van der Waals surface area contributed by atoms with Gasteiger partial charge in [-0.3, -0.25) is 0 Å². The molecule has 0 heterocycles. The van der Waals surface area contributed by atoms with Crippen molar-refractivity contribution in [3.63, 3.8) is 0 Å². The zero-order valence-electron chi connectivity index (χ0n) is 9.45. The van der Waals surface area contributed by atoms with Crippen LogP contribution in [-0.2, 0) is 4.74 Å². The second-order valence-corrected chi connectivity index (χ2v) is 3.68. The molecule has 0 rings (SSSR count). The summed E-state index contributed by atoms with van der Waals surface area (Å²) in [5.74, 6) is 0.456. The van der Waals surface area contributed by atoms with Crippen LogP contribution in [0.2, 0.25) is 0 Å². The van der Waals surface area contributed by atoms with Gasteiger partial charge in [-0.2, -0.15) is 0 Å². The Bertz CT molecular complexity index is 160. The first-order valence-electron chi connectivity index (χ1n) is 5.23. The number of ether oxygens (including phenoxy) is 1. The van der Waals surface area contributed by atoms with Crippen LogP contribution in [0, 0.1) is 5.92 Å². The lowest BCUT2D eigenvalue weighted by Crippen LogP contribution is -2.36. The topological polar surface area (TPSA) is 55.6 Å². The van der Waals surface area contributed by atoms with E-state index in [-0.39, 0.29) is 6.09 Å². The molecule has 0 aliphatic carbocycles. The summed E-state index contributed by atoms with van der Waals surface area (Å²) in [5.41, 5.74) is 5.40. The summed E-state index contributed by atoms with van der Waals surface area (Å²) in [6.07, 6.45) is 0.598. The number of amides is 1. The third kappa shape index (κ3) is 5.80. The first-order chi connectivity index (χ1) is 6.61. The highest BCUT2D eigenvalue weighted by molar-refractivity contribution is 5.67. The van der Waals surface area contributed by atoms with Crippen molar-refractivity contribution in [1.29, 1.82) is 0 Å². The predicted molar refractivity (Wildman–Crippen MR) is 57.1 cm³/mol. The first-order valence-corrected chi connectivity index (χ1v) is 5.23. The van der Waals surface area contributed by atoms with Gasteiger partial charge in [0.1, 0.15) is 0 Å². The molecule has 0 aliphatic heterocycles. The van der Waals surface area contributed by atoms with E-state index in [0.717, 1.165) is 13.0 Å². The molecule has 2 N–H and O–H groups in total. The fraction of sp³-hybridized carbons (Fsp3) is 0.900. The van der Waals surface area contributed by atoms with Gasteiger partial charge in [0, 0.05) is 13.1 Å². The van der Waals surface area contributed by atoms with Gasteiger partial charge in [0.25, 0.3) is 0 Å². The Kier molecular flexibility index (Phi) is 7.20. The van der Waals surface area contributed by atoms with Crippen LogP contribution >= 0.6 is 0 Å². The number of rotatable bonds is 6. The lowest BCUT2D eigenvalue weighted by Gasteiger charge is -2.23. The number of nitrogens with zero attached hydrogens (tertiary/aromatic N) is 1. The average molecular weight is 202 g/mol. The summed E-state index contributed by atoms with van der Waals surface area (Å²) in [4.78, 5) is 13.2. The zero-order valence-corrected chi connectivity index (χ0v) is 9.45. The van der Waals surface area contributed by atoms with Crippen molar-refractivity contribution in [2.24, 2.45) is 11.7 Å². The minimum Gasteiger partial charge on any atom is -0.450 e. The lowest BCUT2D eigenvalue weighted by molar-refractivity contribution is 0.102. The van der Waals surface area contributed by atoms with Crippen LogP contribution in [0.1, 0.15) is 27.2 Å². The number of hydrogen-bond donors (Lipinski definition) is 1. The summed E-state index contributed by atoms with van der Waals surface area (Å²) in [6, 6.07) is 0. The molecule has 4 heteroatoms. The van der Waals surface area contributed by atoms with Crippen LogP contribution in [0.15, 0.2) is 0 Å². The Morgan fingerprint density at radius 1 is 1.50 bits per heavy atom. The molecule has 0 saturated heterocycles. The largest absolute Gasteiger partial charge is 0.450 e.